The van der Waals surface area contributed by atoms with Crippen molar-refractivity contribution >= 4 is 11.8 Å². The van der Waals surface area contributed by atoms with Gasteiger partial charge in [0.25, 0.3) is 0 Å². The number of nitrogens with zero attached hydrogens (tertiary/aromatic N) is 2. The van der Waals surface area contributed by atoms with Gasteiger partial charge in [-0.05, 0) is 31.5 Å². The van der Waals surface area contributed by atoms with Gasteiger partial charge in [-0.1, -0.05) is 12.1 Å². The number of carbonyl (C=O) groups excluding carboxylic acids is 2. The van der Waals surface area contributed by atoms with E-state index in [1.54, 1.807) is 31.2 Å². The molecular weight excluding hydrogens is 296 g/mol. The van der Waals surface area contributed by atoms with Crippen LogP contribution in [0.2, 0.25) is 0 Å². The fourth-order valence-corrected chi connectivity index (χ4v) is 2.39. The molecule has 0 aliphatic carbocycles. The number of ketones is 1. The van der Waals surface area contributed by atoms with Crippen LogP contribution in [0.25, 0.3) is 0 Å². The largest absolute Gasteiger partial charge is 0.497 e. The number of benzene rings is 1. The number of rotatable bonds is 7. The minimum absolute atomic E-state index is 0.113. The second-order valence-corrected chi connectivity index (χ2v) is 4.88. The number of nitriles is 2. The Morgan fingerprint density at radius 2 is 1.74 bits per heavy atom. The van der Waals surface area contributed by atoms with E-state index in [2.05, 4.69) is 0 Å². The van der Waals surface area contributed by atoms with Crippen molar-refractivity contribution in [1.82, 2.24) is 0 Å². The van der Waals surface area contributed by atoms with E-state index < -0.39 is 29.5 Å². The van der Waals surface area contributed by atoms with E-state index >= 15 is 0 Å². The molecule has 0 N–H and O–H groups in total. The zero-order valence-electron chi connectivity index (χ0n) is 13.3. The Bertz CT molecular complexity index is 626. The third kappa shape index (κ3) is 4.31. The summed E-state index contributed by atoms with van der Waals surface area (Å²) in [6.07, 6.45) is 0. The van der Waals surface area contributed by atoms with E-state index in [0.29, 0.717) is 11.3 Å². The molecule has 6 heteroatoms. The number of hydrogen-bond donors (Lipinski definition) is 0. The van der Waals surface area contributed by atoms with Crippen molar-refractivity contribution in [2.45, 2.75) is 19.8 Å². The highest BCUT2D eigenvalue weighted by molar-refractivity contribution is 5.99. The van der Waals surface area contributed by atoms with E-state index in [0.717, 1.165) is 0 Å². The van der Waals surface area contributed by atoms with E-state index in [1.165, 1.54) is 14.0 Å². The van der Waals surface area contributed by atoms with Gasteiger partial charge in [0.05, 0.1) is 25.9 Å². The lowest BCUT2D eigenvalue weighted by atomic mass is 9.76. The van der Waals surface area contributed by atoms with Crippen LogP contribution < -0.4 is 4.74 Å². The van der Waals surface area contributed by atoms with E-state index in [4.69, 9.17) is 9.47 Å². The van der Waals surface area contributed by atoms with E-state index in [-0.39, 0.29) is 6.61 Å². The van der Waals surface area contributed by atoms with Crippen LogP contribution in [0.5, 0.6) is 5.75 Å². The van der Waals surface area contributed by atoms with Crippen LogP contribution >= 0.6 is 0 Å². The number of hydrogen-bond acceptors (Lipinski definition) is 6. The van der Waals surface area contributed by atoms with E-state index in [9.17, 15) is 20.1 Å². The predicted octanol–water partition coefficient (Wildman–Crippen LogP) is 2.21. The maximum absolute atomic E-state index is 12.2. The maximum atomic E-state index is 12.2. The first kappa shape index (κ1) is 18.2. The Balaban J connectivity index is 3.37. The van der Waals surface area contributed by atoms with Crippen LogP contribution in [0.15, 0.2) is 24.3 Å². The summed E-state index contributed by atoms with van der Waals surface area (Å²) < 4.78 is 10.0. The third-order valence-corrected chi connectivity index (χ3v) is 3.48. The molecule has 0 heterocycles. The highest BCUT2D eigenvalue weighted by Gasteiger charge is 2.40. The minimum Gasteiger partial charge on any atom is -0.497 e. The van der Waals surface area contributed by atoms with Gasteiger partial charge < -0.3 is 9.47 Å². The molecule has 2 atom stereocenters. The number of methoxy groups -OCH3 is 1. The number of esters is 1. The zero-order valence-corrected chi connectivity index (χ0v) is 13.3. The van der Waals surface area contributed by atoms with Crippen molar-refractivity contribution in [1.29, 1.82) is 10.5 Å². The third-order valence-electron chi connectivity index (χ3n) is 3.48. The molecule has 120 valence electrons. The Morgan fingerprint density at radius 3 is 2.13 bits per heavy atom. The van der Waals surface area contributed by atoms with Gasteiger partial charge in [0.15, 0.2) is 0 Å². The first-order valence-electron chi connectivity index (χ1n) is 7.10. The molecule has 1 aromatic rings. The van der Waals surface area contributed by atoms with Gasteiger partial charge in [-0.3, -0.25) is 9.59 Å². The number of carbonyl (C=O) groups is 2. The molecule has 0 fully saturated rings. The molecule has 0 aliphatic heterocycles. The molecule has 0 aliphatic rings. The summed E-state index contributed by atoms with van der Waals surface area (Å²) in [7, 11) is 1.51. The summed E-state index contributed by atoms with van der Waals surface area (Å²) in [5.74, 6) is -3.83. The molecule has 0 bridgehead atoms. The molecular formula is C17H18N2O4. The Morgan fingerprint density at radius 1 is 1.17 bits per heavy atom. The summed E-state index contributed by atoms with van der Waals surface area (Å²) in [6.45, 7) is 3.00. The standard InChI is InChI=1S/C17H18N2O4/c1-4-23-17(21)15(11(2)20)16(13(9-18)10-19)12-5-7-14(22-3)8-6-12/h5-8,13,15-16H,4H2,1-3H3/t15-,16+/m0/s1. The minimum atomic E-state index is -1.20. The van der Waals surface area contributed by atoms with Crippen molar-refractivity contribution < 1.29 is 19.1 Å². The maximum Gasteiger partial charge on any atom is 0.317 e. The first-order valence-corrected chi connectivity index (χ1v) is 7.10. The molecule has 6 nitrogen and oxygen atoms in total. The lowest BCUT2D eigenvalue weighted by Gasteiger charge is -2.24. The summed E-state index contributed by atoms with van der Waals surface area (Å²) in [4.78, 5) is 24.2. The summed E-state index contributed by atoms with van der Waals surface area (Å²) >= 11 is 0. The monoisotopic (exact) mass is 314 g/mol. The lowest BCUT2D eigenvalue weighted by Crippen LogP contribution is -2.33. The Hall–Kier alpha value is -2.86. The Kier molecular flexibility index (Phi) is 6.76. The van der Waals surface area contributed by atoms with Gasteiger partial charge >= 0.3 is 5.97 Å². The van der Waals surface area contributed by atoms with Gasteiger partial charge in [0, 0.05) is 5.92 Å². The average molecular weight is 314 g/mol. The fourth-order valence-electron chi connectivity index (χ4n) is 2.39. The van der Waals surface area contributed by atoms with Crippen molar-refractivity contribution in [2.75, 3.05) is 13.7 Å². The van der Waals surface area contributed by atoms with Gasteiger partial charge in [0.2, 0.25) is 0 Å². The highest BCUT2D eigenvalue weighted by Crippen LogP contribution is 2.34. The Labute approximate surface area is 135 Å². The van der Waals surface area contributed by atoms with Gasteiger partial charge in [-0.2, -0.15) is 10.5 Å². The zero-order chi connectivity index (χ0) is 17.4. The summed E-state index contributed by atoms with van der Waals surface area (Å²) in [6, 6.07) is 10.3. The number of Topliss-reactive ketones (excluding diaryl/α,β-unsaturated/α-hetero) is 1. The second-order valence-electron chi connectivity index (χ2n) is 4.88. The lowest BCUT2D eigenvalue weighted by molar-refractivity contribution is -0.152. The van der Waals surface area contributed by atoms with Gasteiger partial charge in [-0.25, -0.2) is 0 Å². The van der Waals surface area contributed by atoms with Crippen molar-refractivity contribution in [3.05, 3.63) is 29.8 Å². The average Bonchev–Trinajstić information content (AvgIpc) is 2.55. The van der Waals surface area contributed by atoms with Crippen molar-refractivity contribution in [2.24, 2.45) is 11.8 Å². The second kappa shape index (κ2) is 8.55. The van der Waals surface area contributed by atoms with Crippen LogP contribution in [0.1, 0.15) is 25.3 Å². The molecule has 0 amide bonds. The van der Waals surface area contributed by atoms with Gasteiger partial charge in [0.1, 0.15) is 23.4 Å². The van der Waals surface area contributed by atoms with Crippen LogP contribution in [0.3, 0.4) is 0 Å². The molecule has 0 radical (unpaired) electrons. The molecule has 1 aromatic carbocycles. The molecule has 0 saturated heterocycles. The quantitative estimate of drug-likeness (QED) is 0.565. The van der Waals surface area contributed by atoms with Crippen molar-refractivity contribution in [3.63, 3.8) is 0 Å². The SMILES string of the molecule is CCOC(=O)[C@@H](C(C)=O)[C@H](c1ccc(OC)cc1)C(C#N)C#N. The number of ether oxygens (including phenoxy) is 2. The summed E-state index contributed by atoms with van der Waals surface area (Å²) in [5.41, 5.74) is 0.534. The normalized spacial score (nSPS) is 12.6. The van der Waals surface area contributed by atoms with Crippen LogP contribution in [0.4, 0.5) is 0 Å². The highest BCUT2D eigenvalue weighted by atomic mass is 16.5. The topological polar surface area (TPSA) is 100 Å². The molecule has 0 unspecified atom stereocenters. The smallest absolute Gasteiger partial charge is 0.317 e. The predicted molar refractivity (Wildman–Crippen MR) is 81.3 cm³/mol. The fraction of sp³-hybridized carbons (Fsp3) is 0.412. The summed E-state index contributed by atoms with van der Waals surface area (Å²) in [5, 5.41) is 18.5. The van der Waals surface area contributed by atoms with Gasteiger partial charge in [-0.15, -0.1) is 0 Å². The molecule has 0 spiro atoms. The molecule has 1 rings (SSSR count). The van der Waals surface area contributed by atoms with Crippen LogP contribution in [0, 0.1) is 34.5 Å². The van der Waals surface area contributed by atoms with E-state index in [1.807, 2.05) is 12.1 Å². The van der Waals surface area contributed by atoms with Crippen molar-refractivity contribution in [3.8, 4) is 17.9 Å². The molecule has 23 heavy (non-hydrogen) atoms. The molecule has 0 aromatic heterocycles. The van der Waals surface area contributed by atoms with Crippen LogP contribution in [-0.4, -0.2) is 25.5 Å². The molecule has 0 saturated carbocycles. The van der Waals surface area contributed by atoms with Crippen LogP contribution in [-0.2, 0) is 14.3 Å². The first-order chi connectivity index (χ1) is 11.0.